The summed E-state index contributed by atoms with van der Waals surface area (Å²) < 4.78 is 7.81. The van der Waals surface area contributed by atoms with Crippen LogP contribution in [0.15, 0.2) is 164 Å². The van der Waals surface area contributed by atoms with E-state index in [1.807, 2.05) is 22.7 Å². The summed E-state index contributed by atoms with van der Waals surface area (Å²) in [6, 6.07) is 61.6. The minimum Gasteiger partial charge on any atom is -0.311 e. The summed E-state index contributed by atoms with van der Waals surface area (Å²) in [5.74, 6) is 0. The van der Waals surface area contributed by atoms with Crippen molar-refractivity contribution in [3.8, 4) is 16.8 Å². The molecule has 0 radical (unpaired) electrons. The molecule has 8 aromatic carbocycles. The van der Waals surface area contributed by atoms with Crippen molar-refractivity contribution >= 4 is 125 Å². The Balaban J connectivity index is 1.18. The zero-order valence-corrected chi connectivity index (χ0v) is 30.0. The van der Waals surface area contributed by atoms with Gasteiger partial charge in [-0.3, -0.25) is 0 Å². The molecule has 5 heteroatoms. The van der Waals surface area contributed by atoms with E-state index in [0.29, 0.717) is 0 Å². The number of aromatic nitrogens is 1. The van der Waals surface area contributed by atoms with Gasteiger partial charge in [-0.25, -0.2) is 0 Å². The molecule has 3 aromatic heterocycles. The van der Waals surface area contributed by atoms with Crippen molar-refractivity contribution in [2.24, 2.45) is 0 Å². The van der Waals surface area contributed by atoms with Gasteiger partial charge in [0, 0.05) is 73.9 Å². The lowest BCUT2D eigenvalue weighted by Gasteiger charge is -2.36. The SMILES string of the molecule is c1ccc2c(c1)B1c3cc4sc5ccccc5c4cc3N(c3ccc4sc5ccccc5c4c3)c3cc(-n4c5ccccc5c5ccccc54)cc-2c31. The fraction of sp³-hybridized carbons (Fsp3) is 0. The number of nitrogens with zero attached hydrogens (tertiary/aromatic N) is 2. The van der Waals surface area contributed by atoms with Gasteiger partial charge < -0.3 is 9.47 Å². The van der Waals surface area contributed by atoms with Crippen LogP contribution in [0.3, 0.4) is 0 Å². The second kappa shape index (κ2) is 10.3. The monoisotopic (exact) mass is 706 g/mol. The first-order valence-corrected chi connectivity index (χ1v) is 19.8. The molecule has 0 saturated heterocycles. The van der Waals surface area contributed by atoms with Crippen molar-refractivity contribution in [3.63, 3.8) is 0 Å². The molecule has 0 N–H and O–H groups in total. The average Bonchev–Trinajstić information content (AvgIpc) is 3.95. The Kier molecular flexibility index (Phi) is 5.51. The molecule has 11 aromatic rings. The third-order valence-corrected chi connectivity index (χ3v) is 14.1. The minimum atomic E-state index is 0.148. The highest BCUT2D eigenvalue weighted by atomic mass is 32.1. The van der Waals surface area contributed by atoms with E-state index in [-0.39, 0.29) is 6.71 Å². The van der Waals surface area contributed by atoms with Gasteiger partial charge in [-0.2, -0.15) is 0 Å². The standard InChI is InChI=1S/C48H27BN2S2/c1-6-16-38-30(11-1)37-24-29(51-40-17-7-2-12-31(40)32-13-3-8-18-41(32)51)25-43-48(37)49(38)39-27-47-36(34-15-5-10-20-45(34)53-47)26-42(39)50(43)28-21-22-46-35(23-28)33-14-4-9-19-44(33)52-46/h1-27H. The van der Waals surface area contributed by atoms with Gasteiger partial charge in [-0.15, -0.1) is 22.7 Å². The van der Waals surface area contributed by atoms with Crippen LogP contribution in [0.4, 0.5) is 17.1 Å². The molecule has 2 aliphatic heterocycles. The van der Waals surface area contributed by atoms with E-state index < -0.39 is 0 Å². The van der Waals surface area contributed by atoms with Gasteiger partial charge in [-0.1, -0.05) is 103 Å². The second-order valence-corrected chi connectivity index (χ2v) is 16.6. The third kappa shape index (κ3) is 3.73. The number of fused-ring (bicyclic) bond motifs is 14. The highest BCUT2D eigenvalue weighted by molar-refractivity contribution is 7.26. The number of para-hydroxylation sites is 2. The van der Waals surface area contributed by atoms with E-state index in [2.05, 4.69) is 173 Å². The number of rotatable bonds is 2. The van der Waals surface area contributed by atoms with Crippen LogP contribution in [-0.4, -0.2) is 11.3 Å². The van der Waals surface area contributed by atoms with Crippen molar-refractivity contribution in [2.75, 3.05) is 4.90 Å². The fourth-order valence-electron chi connectivity index (χ4n) is 9.60. The maximum atomic E-state index is 2.59. The molecule has 0 fully saturated rings. The molecule has 244 valence electrons. The van der Waals surface area contributed by atoms with Gasteiger partial charge in [0.05, 0.1) is 11.0 Å². The van der Waals surface area contributed by atoms with Crippen molar-refractivity contribution in [1.29, 1.82) is 0 Å². The third-order valence-electron chi connectivity index (χ3n) is 11.8. The summed E-state index contributed by atoms with van der Waals surface area (Å²) in [5.41, 5.74) is 14.2. The Morgan fingerprint density at radius 2 is 0.981 bits per heavy atom. The van der Waals surface area contributed by atoms with Crippen molar-refractivity contribution in [1.82, 2.24) is 4.57 Å². The van der Waals surface area contributed by atoms with Crippen LogP contribution in [0.2, 0.25) is 0 Å². The van der Waals surface area contributed by atoms with Crippen LogP contribution in [0.1, 0.15) is 0 Å². The lowest BCUT2D eigenvalue weighted by Crippen LogP contribution is -2.54. The predicted octanol–water partition coefficient (Wildman–Crippen LogP) is 11.8. The number of hydrogen-bond donors (Lipinski definition) is 0. The Morgan fingerprint density at radius 3 is 1.74 bits per heavy atom. The molecule has 2 aliphatic rings. The molecule has 5 heterocycles. The van der Waals surface area contributed by atoms with Crippen molar-refractivity contribution in [2.45, 2.75) is 0 Å². The van der Waals surface area contributed by atoms with Crippen LogP contribution in [0.5, 0.6) is 0 Å². The number of thiophene rings is 2. The molecule has 2 nitrogen and oxygen atoms in total. The molecule has 13 rings (SSSR count). The number of hydrogen-bond acceptors (Lipinski definition) is 3. The lowest BCUT2D eigenvalue weighted by atomic mass is 9.37. The van der Waals surface area contributed by atoms with Gasteiger partial charge in [0.1, 0.15) is 0 Å². The van der Waals surface area contributed by atoms with Crippen molar-refractivity contribution in [3.05, 3.63) is 164 Å². The zero-order valence-electron chi connectivity index (χ0n) is 28.4. The fourth-order valence-corrected chi connectivity index (χ4v) is 11.8. The predicted molar refractivity (Wildman–Crippen MR) is 231 cm³/mol. The lowest BCUT2D eigenvalue weighted by molar-refractivity contribution is 1.17. The van der Waals surface area contributed by atoms with E-state index in [9.17, 15) is 0 Å². The Hall–Kier alpha value is -6.14. The molecule has 0 aliphatic carbocycles. The van der Waals surface area contributed by atoms with Gasteiger partial charge >= 0.3 is 0 Å². The molecule has 0 saturated carbocycles. The minimum absolute atomic E-state index is 0.148. The van der Waals surface area contributed by atoms with Crippen LogP contribution < -0.4 is 21.3 Å². The van der Waals surface area contributed by atoms with E-state index in [0.717, 1.165) is 0 Å². The van der Waals surface area contributed by atoms with Gasteiger partial charge in [-0.05, 0) is 88.8 Å². The molecule has 0 atom stereocenters. The highest BCUT2D eigenvalue weighted by Gasteiger charge is 2.43. The van der Waals surface area contributed by atoms with Gasteiger partial charge in [0.15, 0.2) is 0 Å². The summed E-state index contributed by atoms with van der Waals surface area (Å²) in [4.78, 5) is 2.59. The summed E-state index contributed by atoms with van der Waals surface area (Å²) >= 11 is 3.79. The second-order valence-electron chi connectivity index (χ2n) is 14.4. The molecule has 53 heavy (non-hydrogen) atoms. The zero-order chi connectivity index (χ0) is 34.4. The molecule has 0 spiro atoms. The average molecular weight is 707 g/mol. The first kappa shape index (κ1) is 28.5. The Labute approximate surface area is 313 Å². The maximum absolute atomic E-state index is 2.59. The summed E-state index contributed by atoms with van der Waals surface area (Å²) in [7, 11) is 0. The first-order chi connectivity index (χ1) is 26.3. The number of benzene rings is 8. The summed E-state index contributed by atoms with van der Waals surface area (Å²) in [5, 5.41) is 7.84. The molecule has 0 unspecified atom stereocenters. The van der Waals surface area contributed by atoms with Gasteiger partial charge in [0.2, 0.25) is 6.71 Å². The van der Waals surface area contributed by atoms with E-state index in [4.69, 9.17) is 0 Å². The molecular formula is C48H27BN2S2. The van der Waals surface area contributed by atoms with Crippen molar-refractivity contribution < 1.29 is 0 Å². The topological polar surface area (TPSA) is 8.17 Å². The number of anilines is 3. The van der Waals surface area contributed by atoms with Crippen LogP contribution in [0, 0.1) is 0 Å². The largest absolute Gasteiger partial charge is 0.311 e. The summed E-state index contributed by atoms with van der Waals surface area (Å²) in [6.07, 6.45) is 0. The maximum Gasteiger partial charge on any atom is 0.248 e. The van der Waals surface area contributed by atoms with E-state index >= 15 is 0 Å². The quantitative estimate of drug-likeness (QED) is 0.163. The molecular weight excluding hydrogens is 679 g/mol. The van der Waals surface area contributed by atoms with Crippen LogP contribution in [0.25, 0.3) is 79.0 Å². The first-order valence-electron chi connectivity index (χ1n) is 18.2. The highest BCUT2D eigenvalue weighted by Crippen LogP contribution is 2.47. The van der Waals surface area contributed by atoms with E-state index in [1.54, 1.807) is 0 Å². The smallest absolute Gasteiger partial charge is 0.248 e. The van der Waals surface area contributed by atoms with Crippen LogP contribution in [-0.2, 0) is 0 Å². The molecule has 0 amide bonds. The summed E-state index contributed by atoms with van der Waals surface area (Å²) in [6.45, 7) is 0.148. The van der Waals surface area contributed by atoms with Gasteiger partial charge in [0.25, 0.3) is 0 Å². The van der Waals surface area contributed by atoms with Crippen LogP contribution >= 0.6 is 22.7 Å². The Bertz CT molecular complexity index is 3330. The molecule has 0 bridgehead atoms. The Morgan fingerprint density at radius 1 is 0.377 bits per heavy atom. The normalized spacial score (nSPS) is 13.2. The van der Waals surface area contributed by atoms with E-state index in [1.165, 1.54) is 112 Å².